The molecule has 9 heteroatoms. The highest BCUT2D eigenvalue weighted by molar-refractivity contribution is 6.34. The summed E-state index contributed by atoms with van der Waals surface area (Å²) < 4.78 is 7.05. The summed E-state index contributed by atoms with van der Waals surface area (Å²) in [7, 11) is 0. The standard InChI is InChI=1S/C21H14Cl2N4O3/c22-12-3-1-4-14(9-12)27-18(19-5-2-8-30-19)11-17(26-27)21(29)25-13-6-7-16(23)15(10-13)20(24)28/h1-11H,(H2,24,28)(H,25,29). The molecule has 0 aliphatic heterocycles. The first-order valence-corrected chi connectivity index (χ1v) is 9.48. The zero-order valence-corrected chi connectivity index (χ0v) is 16.8. The average molecular weight is 441 g/mol. The number of furan rings is 1. The molecule has 0 saturated heterocycles. The number of primary amides is 1. The average Bonchev–Trinajstić information content (AvgIpc) is 3.39. The molecule has 2 heterocycles. The Labute approximate surface area is 181 Å². The van der Waals surface area contributed by atoms with E-state index in [2.05, 4.69) is 10.4 Å². The van der Waals surface area contributed by atoms with E-state index in [-0.39, 0.29) is 16.3 Å². The lowest BCUT2D eigenvalue weighted by Crippen LogP contribution is -2.15. The number of carbonyl (C=O) groups is 2. The van der Waals surface area contributed by atoms with Crippen molar-refractivity contribution in [2.45, 2.75) is 0 Å². The zero-order chi connectivity index (χ0) is 21.3. The lowest BCUT2D eigenvalue weighted by molar-refractivity contribution is 0.0995. The molecule has 0 aliphatic rings. The van der Waals surface area contributed by atoms with Crippen LogP contribution in [0.5, 0.6) is 0 Å². The quantitative estimate of drug-likeness (QED) is 0.465. The van der Waals surface area contributed by atoms with Crippen LogP contribution in [0.2, 0.25) is 10.0 Å². The monoisotopic (exact) mass is 440 g/mol. The van der Waals surface area contributed by atoms with Crippen LogP contribution in [0.25, 0.3) is 17.1 Å². The third kappa shape index (κ3) is 3.94. The molecule has 0 spiro atoms. The van der Waals surface area contributed by atoms with E-state index >= 15 is 0 Å². The molecule has 2 amide bonds. The highest BCUT2D eigenvalue weighted by Gasteiger charge is 2.19. The van der Waals surface area contributed by atoms with E-state index in [0.717, 1.165) is 0 Å². The molecule has 0 unspecified atom stereocenters. The number of hydrogen-bond donors (Lipinski definition) is 2. The van der Waals surface area contributed by atoms with Crippen molar-refractivity contribution in [1.29, 1.82) is 0 Å². The first-order valence-electron chi connectivity index (χ1n) is 8.73. The molecule has 4 aromatic rings. The molecule has 0 saturated carbocycles. The Morgan fingerprint density at radius 3 is 2.57 bits per heavy atom. The van der Waals surface area contributed by atoms with Gasteiger partial charge >= 0.3 is 0 Å². The molecule has 150 valence electrons. The van der Waals surface area contributed by atoms with Crippen LogP contribution >= 0.6 is 23.2 Å². The summed E-state index contributed by atoms with van der Waals surface area (Å²) in [4.78, 5) is 24.3. The number of nitrogens with zero attached hydrogens (tertiary/aromatic N) is 2. The van der Waals surface area contributed by atoms with E-state index in [0.29, 0.717) is 27.9 Å². The number of benzene rings is 2. The van der Waals surface area contributed by atoms with Crippen LogP contribution in [-0.4, -0.2) is 21.6 Å². The molecule has 2 aromatic heterocycles. The van der Waals surface area contributed by atoms with Crippen LogP contribution in [0.1, 0.15) is 20.8 Å². The molecule has 2 aromatic carbocycles. The van der Waals surface area contributed by atoms with E-state index < -0.39 is 11.8 Å². The van der Waals surface area contributed by atoms with Gasteiger partial charge in [0.15, 0.2) is 11.5 Å². The lowest BCUT2D eigenvalue weighted by Gasteiger charge is -2.07. The molecule has 7 nitrogen and oxygen atoms in total. The molecule has 0 aliphatic carbocycles. The maximum absolute atomic E-state index is 12.8. The normalized spacial score (nSPS) is 10.7. The number of carbonyl (C=O) groups excluding carboxylic acids is 2. The number of nitrogens with two attached hydrogens (primary N) is 1. The number of nitrogens with one attached hydrogen (secondary N) is 1. The van der Waals surface area contributed by atoms with Crippen LogP contribution in [0.3, 0.4) is 0 Å². The van der Waals surface area contributed by atoms with Gasteiger partial charge in [0.2, 0.25) is 5.91 Å². The maximum atomic E-state index is 12.8. The van der Waals surface area contributed by atoms with Crippen molar-refractivity contribution in [3.05, 3.63) is 88.2 Å². The summed E-state index contributed by atoms with van der Waals surface area (Å²) >= 11 is 12.1. The second kappa shape index (κ2) is 8.06. The van der Waals surface area contributed by atoms with Crippen LogP contribution in [0.4, 0.5) is 5.69 Å². The number of aromatic nitrogens is 2. The number of rotatable bonds is 5. The van der Waals surface area contributed by atoms with Gasteiger partial charge < -0.3 is 15.5 Å². The predicted octanol–water partition coefficient (Wildman–Crippen LogP) is 4.79. The molecular formula is C21H14Cl2N4O3. The van der Waals surface area contributed by atoms with Gasteiger partial charge in [0.05, 0.1) is 22.5 Å². The van der Waals surface area contributed by atoms with Crippen molar-refractivity contribution in [2.75, 3.05) is 5.32 Å². The predicted molar refractivity (Wildman–Crippen MR) is 114 cm³/mol. The minimum absolute atomic E-state index is 0.107. The third-order valence-electron chi connectivity index (χ3n) is 4.26. The summed E-state index contributed by atoms with van der Waals surface area (Å²) in [6.07, 6.45) is 1.53. The Morgan fingerprint density at radius 2 is 1.87 bits per heavy atom. The van der Waals surface area contributed by atoms with E-state index in [1.54, 1.807) is 47.1 Å². The maximum Gasteiger partial charge on any atom is 0.276 e. The molecule has 3 N–H and O–H groups in total. The first-order chi connectivity index (χ1) is 14.4. The first kappa shape index (κ1) is 19.8. The fraction of sp³-hybridized carbons (Fsp3) is 0. The van der Waals surface area contributed by atoms with E-state index in [1.807, 2.05) is 6.07 Å². The van der Waals surface area contributed by atoms with Gasteiger partial charge in [-0.2, -0.15) is 5.10 Å². The largest absolute Gasteiger partial charge is 0.463 e. The van der Waals surface area contributed by atoms with Crippen molar-refractivity contribution >= 4 is 40.7 Å². The lowest BCUT2D eigenvalue weighted by atomic mass is 10.2. The summed E-state index contributed by atoms with van der Waals surface area (Å²) in [5.41, 5.74) is 7.14. The smallest absolute Gasteiger partial charge is 0.276 e. The number of halogens is 2. The summed E-state index contributed by atoms with van der Waals surface area (Å²) in [5, 5.41) is 7.84. The Hall–Kier alpha value is -3.55. The summed E-state index contributed by atoms with van der Waals surface area (Å²) in [6.45, 7) is 0. The van der Waals surface area contributed by atoms with Crippen LogP contribution in [0.15, 0.2) is 71.3 Å². The number of amides is 2. The van der Waals surface area contributed by atoms with Crippen LogP contribution in [0, 0.1) is 0 Å². The van der Waals surface area contributed by atoms with Gasteiger partial charge in [-0.05, 0) is 48.5 Å². The number of hydrogen-bond acceptors (Lipinski definition) is 4. The van der Waals surface area contributed by atoms with Gasteiger partial charge in [-0.15, -0.1) is 0 Å². The Balaban J connectivity index is 1.71. The van der Waals surface area contributed by atoms with Gasteiger partial charge in [-0.1, -0.05) is 29.3 Å². The summed E-state index contributed by atoms with van der Waals surface area (Å²) in [6, 6.07) is 16.6. The molecule has 0 bridgehead atoms. The molecule has 30 heavy (non-hydrogen) atoms. The van der Waals surface area contributed by atoms with Crippen molar-refractivity contribution in [2.24, 2.45) is 5.73 Å². The minimum Gasteiger partial charge on any atom is -0.463 e. The van der Waals surface area contributed by atoms with Crippen molar-refractivity contribution in [3.63, 3.8) is 0 Å². The Bertz CT molecular complexity index is 1250. The SMILES string of the molecule is NC(=O)c1cc(NC(=O)c2cc(-c3ccco3)n(-c3cccc(Cl)c3)n2)ccc1Cl. The molecule has 0 atom stereocenters. The van der Waals surface area contributed by atoms with Gasteiger partial charge in [0, 0.05) is 16.8 Å². The second-order valence-corrected chi connectivity index (χ2v) is 7.14. The summed E-state index contributed by atoms with van der Waals surface area (Å²) in [5.74, 6) is -0.646. The highest BCUT2D eigenvalue weighted by atomic mass is 35.5. The van der Waals surface area contributed by atoms with Crippen LogP contribution in [-0.2, 0) is 0 Å². The van der Waals surface area contributed by atoms with Crippen molar-refractivity contribution < 1.29 is 14.0 Å². The van der Waals surface area contributed by atoms with Gasteiger partial charge in [-0.3, -0.25) is 9.59 Å². The molecule has 0 radical (unpaired) electrons. The third-order valence-corrected chi connectivity index (χ3v) is 4.82. The van der Waals surface area contributed by atoms with Gasteiger partial charge in [-0.25, -0.2) is 4.68 Å². The fourth-order valence-corrected chi connectivity index (χ4v) is 3.28. The Morgan fingerprint density at radius 1 is 1.03 bits per heavy atom. The van der Waals surface area contributed by atoms with Gasteiger partial charge in [0.25, 0.3) is 5.91 Å². The highest BCUT2D eigenvalue weighted by Crippen LogP contribution is 2.27. The Kier molecular flexibility index (Phi) is 5.31. The van der Waals surface area contributed by atoms with E-state index in [9.17, 15) is 9.59 Å². The van der Waals surface area contributed by atoms with Crippen LogP contribution < -0.4 is 11.1 Å². The zero-order valence-electron chi connectivity index (χ0n) is 15.3. The van der Waals surface area contributed by atoms with Crippen molar-refractivity contribution in [1.82, 2.24) is 9.78 Å². The van der Waals surface area contributed by atoms with E-state index in [4.69, 9.17) is 33.4 Å². The molecule has 4 rings (SSSR count). The molecule has 0 fully saturated rings. The fourth-order valence-electron chi connectivity index (χ4n) is 2.88. The van der Waals surface area contributed by atoms with Gasteiger partial charge in [0.1, 0.15) is 5.69 Å². The minimum atomic E-state index is -0.693. The second-order valence-electron chi connectivity index (χ2n) is 6.30. The number of anilines is 1. The topological polar surface area (TPSA) is 103 Å². The van der Waals surface area contributed by atoms with E-state index in [1.165, 1.54) is 18.4 Å². The molecular weight excluding hydrogens is 427 g/mol. The van der Waals surface area contributed by atoms with Crippen molar-refractivity contribution in [3.8, 4) is 17.1 Å².